The second-order valence-electron chi connectivity index (χ2n) is 8.65. The van der Waals surface area contributed by atoms with Crippen LogP contribution in [0.15, 0.2) is 76.8 Å². The van der Waals surface area contributed by atoms with E-state index in [9.17, 15) is 14.7 Å². The minimum atomic E-state index is -0.776. The number of benzene rings is 3. The maximum atomic E-state index is 13.5. The molecule has 2 N–H and O–H groups in total. The Balaban J connectivity index is 1.82. The molecule has 170 valence electrons. The van der Waals surface area contributed by atoms with Crippen molar-refractivity contribution in [2.75, 3.05) is 4.90 Å². The highest BCUT2D eigenvalue weighted by Crippen LogP contribution is 2.45. The molecule has 0 bridgehead atoms. The number of aromatic nitrogens is 1. The zero-order valence-corrected chi connectivity index (χ0v) is 20.6. The smallest absolute Gasteiger partial charge is 0.300 e. The van der Waals surface area contributed by atoms with E-state index in [0.29, 0.717) is 11.3 Å². The number of carbonyl (C=O) groups excluding carboxylic acids is 2. The van der Waals surface area contributed by atoms with E-state index in [1.54, 1.807) is 24.3 Å². The van der Waals surface area contributed by atoms with Crippen LogP contribution < -0.4 is 4.90 Å². The number of amides is 1. The second-order valence-corrected chi connectivity index (χ2v) is 9.57. The van der Waals surface area contributed by atoms with Crippen molar-refractivity contribution < 1.29 is 14.7 Å². The zero-order chi connectivity index (χ0) is 24.1. The first-order chi connectivity index (χ1) is 16.3. The Morgan fingerprint density at radius 1 is 0.941 bits per heavy atom. The van der Waals surface area contributed by atoms with E-state index in [4.69, 9.17) is 0 Å². The Kier molecular flexibility index (Phi) is 5.41. The van der Waals surface area contributed by atoms with Crippen molar-refractivity contribution in [1.82, 2.24) is 4.98 Å². The van der Waals surface area contributed by atoms with Crippen molar-refractivity contribution in [3.63, 3.8) is 0 Å². The predicted octanol–water partition coefficient (Wildman–Crippen LogP) is 6.48. The molecule has 1 atom stereocenters. The minimum Gasteiger partial charge on any atom is -0.507 e. The number of aryl methyl sites for hydroxylation is 3. The van der Waals surface area contributed by atoms with Gasteiger partial charge in [-0.15, -0.1) is 0 Å². The summed E-state index contributed by atoms with van der Waals surface area (Å²) in [6.07, 6.45) is 0. The number of carbonyl (C=O) groups is 2. The van der Waals surface area contributed by atoms with Gasteiger partial charge in [0.2, 0.25) is 0 Å². The highest BCUT2D eigenvalue weighted by Gasteiger charge is 2.48. The van der Waals surface area contributed by atoms with E-state index >= 15 is 0 Å². The van der Waals surface area contributed by atoms with E-state index < -0.39 is 17.7 Å². The average Bonchev–Trinajstić information content (AvgIpc) is 3.28. The van der Waals surface area contributed by atoms with Crippen LogP contribution in [-0.2, 0) is 9.59 Å². The lowest BCUT2D eigenvalue weighted by molar-refractivity contribution is -0.132. The predicted molar refractivity (Wildman–Crippen MR) is 138 cm³/mol. The molecule has 0 spiro atoms. The molecule has 0 saturated carbocycles. The summed E-state index contributed by atoms with van der Waals surface area (Å²) in [5.74, 6) is -1.54. The van der Waals surface area contributed by atoms with E-state index in [-0.39, 0.29) is 11.3 Å². The molecule has 1 fully saturated rings. The molecular formula is C28H23BrN2O3. The Bertz CT molecular complexity index is 1500. The Morgan fingerprint density at radius 3 is 2.35 bits per heavy atom. The maximum Gasteiger partial charge on any atom is 0.300 e. The van der Waals surface area contributed by atoms with Gasteiger partial charge in [-0.3, -0.25) is 14.5 Å². The Labute approximate surface area is 205 Å². The molecule has 1 amide bonds. The summed E-state index contributed by atoms with van der Waals surface area (Å²) < 4.78 is 0.851. The van der Waals surface area contributed by atoms with Gasteiger partial charge in [-0.25, -0.2) is 0 Å². The quantitative estimate of drug-likeness (QED) is 0.186. The fraction of sp³-hybridized carbons (Fsp3) is 0.143. The number of aliphatic hydroxyl groups excluding tert-OH is 1. The normalized spacial score (nSPS) is 17.6. The third kappa shape index (κ3) is 3.46. The van der Waals surface area contributed by atoms with Gasteiger partial charge in [-0.1, -0.05) is 52.3 Å². The van der Waals surface area contributed by atoms with Crippen LogP contribution >= 0.6 is 15.9 Å². The highest BCUT2D eigenvalue weighted by atomic mass is 79.9. The van der Waals surface area contributed by atoms with E-state index in [2.05, 4.69) is 20.9 Å². The van der Waals surface area contributed by atoms with E-state index in [1.165, 1.54) is 4.90 Å². The molecule has 2 heterocycles. The number of halogens is 1. The number of ketones is 1. The molecule has 5 rings (SSSR count). The number of Topliss-reactive ketones (excluding diaryl/α,β-unsaturated/α-hetero) is 1. The van der Waals surface area contributed by atoms with Crippen LogP contribution in [0.4, 0.5) is 5.69 Å². The van der Waals surface area contributed by atoms with Crippen molar-refractivity contribution in [2.45, 2.75) is 26.8 Å². The molecule has 1 aromatic heterocycles. The molecule has 5 nitrogen and oxygen atoms in total. The first kappa shape index (κ1) is 22.2. The lowest BCUT2D eigenvalue weighted by Gasteiger charge is -2.26. The zero-order valence-electron chi connectivity index (χ0n) is 19.0. The molecule has 6 heteroatoms. The van der Waals surface area contributed by atoms with Gasteiger partial charge in [-0.05, 0) is 62.2 Å². The van der Waals surface area contributed by atoms with Crippen molar-refractivity contribution in [3.8, 4) is 0 Å². The SMILES string of the molecule is Cc1ccc(N2C(=O)C(=O)/C(=C(/O)c3ccc(Br)cc3)C2c2c(C)[nH]c3ccccc23)cc1C. The van der Waals surface area contributed by atoms with Crippen LogP contribution in [0.25, 0.3) is 16.7 Å². The van der Waals surface area contributed by atoms with Gasteiger partial charge in [0.05, 0.1) is 11.6 Å². The molecule has 4 aromatic rings. The number of hydrogen-bond donors (Lipinski definition) is 2. The molecule has 1 aliphatic heterocycles. The van der Waals surface area contributed by atoms with Crippen LogP contribution in [0.2, 0.25) is 0 Å². The second kappa shape index (κ2) is 8.29. The van der Waals surface area contributed by atoms with Crippen LogP contribution in [0.5, 0.6) is 0 Å². The highest BCUT2D eigenvalue weighted by molar-refractivity contribution is 9.10. The van der Waals surface area contributed by atoms with E-state index in [1.807, 2.05) is 63.2 Å². The molecule has 1 saturated heterocycles. The summed E-state index contributed by atoms with van der Waals surface area (Å²) in [5.41, 5.74) is 5.83. The summed E-state index contributed by atoms with van der Waals surface area (Å²) in [6.45, 7) is 5.90. The van der Waals surface area contributed by atoms with Crippen LogP contribution in [-0.4, -0.2) is 21.8 Å². The van der Waals surface area contributed by atoms with E-state index in [0.717, 1.165) is 37.8 Å². The Hall–Kier alpha value is -3.64. The number of aromatic amines is 1. The number of nitrogens with one attached hydrogen (secondary N) is 1. The largest absolute Gasteiger partial charge is 0.507 e. The van der Waals surface area contributed by atoms with Crippen molar-refractivity contribution in [3.05, 3.63) is 105 Å². The summed E-state index contributed by atoms with van der Waals surface area (Å²) >= 11 is 3.40. The van der Waals surface area contributed by atoms with Crippen LogP contribution in [0.1, 0.15) is 34.0 Å². The Morgan fingerprint density at radius 2 is 1.65 bits per heavy atom. The monoisotopic (exact) mass is 514 g/mol. The summed E-state index contributed by atoms with van der Waals surface area (Å²) in [4.78, 5) is 31.8. The lowest BCUT2D eigenvalue weighted by atomic mass is 9.93. The summed E-state index contributed by atoms with van der Waals surface area (Å²) in [5, 5.41) is 12.3. The number of aliphatic hydroxyl groups is 1. The number of para-hydroxylation sites is 1. The molecule has 0 radical (unpaired) electrons. The number of rotatable bonds is 3. The number of hydrogen-bond acceptors (Lipinski definition) is 3. The fourth-order valence-electron chi connectivity index (χ4n) is 4.66. The minimum absolute atomic E-state index is 0.0819. The van der Waals surface area contributed by atoms with Gasteiger partial charge < -0.3 is 10.1 Å². The number of nitrogens with zero attached hydrogens (tertiary/aromatic N) is 1. The van der Waals surface area contributed by atoms with Gasteiger partial charge in [0.15, 0.2) is 0 Å². The molecule has 1 unspecified atom stereocenters. The summed E-state index contributed by atoms with van der Waals surface area (Å²) in [6, 6.07) is 19.8. The molecule has 0 aliphatic carbocycles. The third-order valence-electron chi connectivity index (χ3n) is 6.55. The summed E-state index contributed by atoms with van der Waals surface area (Å²) in [7, 11) is 0. The first-order valence-electron chi connectivity index (χ1n) is 11.0. The lowest BCUT2D eigenvalue weighted by Crippen LogP contribution is -2.29. The number of H-pyrrole nitrogens is 1. The molecule has 34 heavy (non-hydrogen) atoms. The van der Waals surface area contributed by atoms with Gasteiger partial charge in [0.25, 0.3) is 11.7 Å². The standard InChI is InChI=1S/C28H23BrN2O3/c1-15-8-13-20(14-16(15)2)31-25(23-17(3)30-22-7-5-4-6-21(22)23)24(27(33)28(31)34)26(32)18-9-11-19(29)12-10-18/h4-14,25,30,32H,1-3H3/b26-24+. The van der Waals surface area contributed by atoms with Crippen LogP contribution in [0.3, 0.4) is 0 Å². The van der Waals surface area contributed by atoms with Gasteiger partial charge in [0, 0.05) is 37.9 Å². The number of fused-ring (bicyclic) bond motifs is 1. The third-order valence-corrected chi connectivity index (χ3v) is 7.08. The molecule has 3 aromatic carbocycles. The van der Waals surface area contributed by atoms with Gasteiger partial charge in [-0.2, -0.15) is 0 Å². The topological polar surface area (TPSA) is 73.4 Å². The first-order valence-corrected chi connectivity index (χ1v) is 11.8. The van der Waals surface area contributed by atoms with Crippen molar-refractivity contribution in [2.24, 2.45) is 0 Å². The molecule has 1 aliphatic rings. The molecular weight excluding hydrogens is 492 g/mol. The maximum absolute atomic E-state index is 13.5. The van der Waals surface area contributed by atoms with Crippen LogP contribution in [0, 0.1) is 20.8 Å². The van der Waals surface area contributed by atoms with Crippen molar-refractivity contribution >= 4 is 50.0 Å². The van der Waals surface area contributed by atoms with Gasteiger partial charge in [0.1, 0.15) is 5.76 Å². The fourth-order valence-corrected chi connectivity index (χ4v) is 4.93. The number of anilines is 1. The van der Waals surface area contributed by atoms with Crippen molar-refractivity contribution in [1.29, 1.82) is 0 Å². The van der Waals surface area contributed by atoms with Gasteiger partial charge >= 0.3 is 0 Å². The average molecular weight is 515 g/mol.